The molecule has 0 radical (unpaired) electrons. The molecule has 3 N–H and O–H groups in total. The van der Waals surface area contributed by atoms with E-state index in [2.05, 4.69) is 12.6 Å². The van der Waals surface area contributed by atoms with Gasteiger partial charge in [-0.1, -0.05) is 54.2 Å². The first-order valence-corrected chi connectivity index (χ1v) is 6.96. The third kappa shape index (κ3) is 3.46. The maximum atomic E-state index is 11.4. The first-order chi connectivity index (χ1) is 8.85. The van der Waals surface area contributed by atoms with E-state index in [1.807, 2.05) is 41.5 Å². The Morgan fingerprint density at radius 1 is 1.10 bits per heavy atom. The SMILES string of the molecule is CC(C)(C)c1cc(N(N)C(=O)S)cc(C(C)(C)C)c1O. The number of carbonyl (C=O) groups excluding carboxylic acids is 1. The highest BCUT2D eigenvalue weighted by Gasteiger charge is 2.27. The van der Waals surface area contributed by atoms with E-state index >= 15 is 0 Å². The van der Waals surface area contributed by atoms with E-state index < -0.39 is 5.24 Å². The molecule has 1 aromatic carbocycles. The van der Waals surface area contributed by atoms with Crippen LogP contribution >= 0.6 is 12.6 Å². The van der Waals surface area contributed by atoms with Gasteiger partial charge in [-0.25, -0.2) is 10.9 Å². The molecule has 0 unspecified atom stereocenters. The number of hydrazine groups is 1. The van der Waals surface area contributed by atoms with Gasteiger partial charge in [-0.3, -0.25) is 4.79 Å². The Kier molecular flexibility index (Phi) is 4.46. The Morgan fingerprint density at radius 3 is 1.70 bits per heavy atom. The number of phenolic OH excluding ortho intramolecular Hbond substituents is 1. The normalized spacial score (nSPS) is 12.4. The van der Waals surface area contributed by atoms with Crippen LogP contribution in [0.2, 0.25) is 0 Å². The summed E-state index contributed by atoms with van der Waals surface area (Å²) in [6, 6.07) is 3.47. The fourth-order valence-corrected chi connectivity index (χ4v) is 2.13. The molecule has 4 nitrogen and oxygen atoms in total. The van der Waals surface area contributed by atoms with E-state index in [0.29, 0.717) is 5.69 Å². The first-order valence-electron chi connectivity index (χ1n) is 6.51. The van der Waals surface area contributed by atoms with E-state index in [1.54, 1.807) is 12.1 Å². The van der Waals surface area contributed by atoms with Crippen molar-refractivity contribution in [3.05, 3.63) is 23.3 Å². The minimum absolute atomic E-state index is 0.258. The third-order valence-electron chi connectivity index (χ3n) is 3.19. The van der Waals surface area contributed by atoms with Crippen LogP contribution in [0.25, 0.3) is 0 Å². The van der Waals surface area contributed by atoms with Crippen LogP contribution in [-0.4, -0.2) is 10.3 Å². The molecule has 112 valence electrons. The number of thiol groups is 1. The molecule has 5 heteroatoms. The molecule has 0 saturated heterocycles. The number of rotatable bonds is 1. The maximum Gasteiger partial charge on any atom is 0.297 e. The Hall–Kier alpha value is -1.20. The fourth-order valence-electron chi connectivity index (χ4n) is 2.01. The van der Waals surface area contributed by atoms with Gasteiger partial charge in [0.2, 0.25) is 0 Å². The molecule has 0 aliphatic carbocycles. The zero-order valence-corrected chi connectivity index (χ0v) is 13.9. The Morgan fingerprint density at radius 2 is 1.45 bits per heavy atom. The van der Waals surface area contributed by atoms with Gasteiger partial charge >= 0.3 is 0 Å². The fraction of sp³-hybridized carbons (Fsp3) is 0.533. The first kappa shape index (κ1) is 16.9. The Bertz CT molecular complexity index is 493. The molecule has 0 atom stereocenters. The van der Waals surface area contributed by atoms with Crippen LogP contribution in [-0.2, 0) is 10.8 Å². The molecule has 0 aromatic heterocycles. The van der Waals surface area contributed by atoms with Crippen molar-refractivity contribution in [3.8, 4) is 5.75 Å². The van der Waals surface area contributed by atoms with Crippen LogP contribution in [0.3, 0.4) is 0 Å². The van der Waals surface area contributed by atoms with Gasteiger partial charge in [-0.15, -0.1) is 0 Å². The van der Waals surface area contributed by atoms with E-state index in [9.17, 15) is 9.90 Å². The number of amides is 1. The van der Waals surface area contributed by atoms with Crippen LogP contribution in [0, 0.1) is 0 Å². The number of nitrogens with zero attached hydrogens (tertiary/aromatic N) is 1. The quantitative estimate of drug-likeness (QED) is 0.320. The maximum absolute atomic E-state index is 11.4. The highest BCUT2D eigenvalue weighted by molar-refractivity contribution is 7.96. The van der Waals surface area contributed by atoms with Crippen LogP contribution in [0.1, 0.15) is 52.7 Å². The van der Waals surface area contributed by atoms with Crippen molar-refractivity contribution in [1.82, 2.24) is 0 Å². The lowest BCUT2D eigenvalue weighted by atomic mass is 9.79. The number of aromatic hydroxyl groups is 1. The predicted molar refractivity (Wildman–Crippen MR) is 86.6 cm³/mol. The van der Waals surface area contributed by atoms with Gasteiger partial charge in [-0.2, -0.15) is 0 Å². The second kappa shape index (κ2) is 5.30. The molecule has 0 aliphatic rings. The van der Waals surface area contributed by atoms with Crippen LogP contribution in [0.4, 0.5) is 10.5 Å². The predicted octanol–water partition coefficient (Wildman–Crippen LogP) is 3.72. The molecule has 0 saturated carbocycles. The van der Waals surface area contributed by atoms with Crippen LogP contribution in [0.15, 0.2) is 12.1 Å². The molecule has 0 spiro atoms. The average molecular weight is 296 g/mol. The number of carbonyl (C=O) groups is 1. The number of phenols is 1. The molecule has 20 heavy (non-hydrogen) atoms. The summed E-state index contributed by atoms with van der Waals surface area (Å²) in [5.74, 6) is 6.00. The smallest absolute Gasteiger partial charge is 0.297 e. The van der Waals surface area contributed by atoms with Gasteiger partial charge < -0.3 is 5.11 Å². The van der Waals surface area contributed by atoms with Gasteiger partial charge in [0.1, 0.15) is 5.75 Å². The Balaban J connectivity index is 3.63. The summed E-state index contributed by atoms with van der Waals surface area (Å²) in [7, 11) is 0. The minimum Gasteiger partial charge on any atom is -0.507 e. The summed E-state index contributed by atoms with van der Waals surface area (Å²) in [6.45, 7) is 12.0. The third-order valence-corrected chi connectivity index (χ3v) is 3.41. The topological polar surface area (TPSA) is 66.6 Å². The van der Waals surface area contributed by atoms with Crippen molar-refractivity contribution in [1.29, 1.82) is 0 Å². The van der Waals surface area contributed by atoms with Crippen molar-refractivity contribution in [2.75, 3.05) is 5.01 Å². The highest BCUT2D eigenvalue weighted by Crippen LogP contribution is 2.41. The molecule has 1 amide bonds. The van der Waals surface area contributed by atoms with Gasteiger partial charge in [0.15, 0.2) is 0 Å². The molecular weight excluding hydrogens is 272 g/mol. The molecule has 1 aromatic rings. The number of benzene rings is 1. The van der Waals surface area contributed by atoms with E-state index in [1.165, 1.54) is 0 Å². The lowest BCUT2D eigenvalue weighted by Crippen LogP contribution is -2.34. The molecule has 0 fully saturated rings. The molecule has 1 rings (SSSR count). The monoisotopic (exact) mass is 296 g/mol. The summed E-state index contributed by atoms with van der Waals surface area (Å²) >= 11 is 3.74. The molecule has 0 bridgehead atoms. The van der Waals surface area contributed by atoms with Gasteiger partial charge in [-0.05, 0) is 23.0 Å². The summed E-state index contributed by atoms with van der Waals surface area (Å²) < 4.78 is 0. The standard InChI is InChI=1S/C15H24N2O2S/c1-14(2,3)10-7-9(17(16)13(19)20)8-11(12(10)18)15(4,5)6/h7-8,18H,16H2,1-6H3,(H,19,20). The zero-order chi connectivity index (χ0) is 15.9. The number of anilines is 1. The number of hydrogen-bond donors (Lipinski definition) is 3. The van der Waals surface area contributed by atoms with E-state index in [0.717, 1.165) is 16.1 Å². The summed E-state index contributed by atoms with van der Waals surface area (Å²) in [5.41, 5.74) is 1.51. The molecular formula is C15H24N2O2S. The van der Waals surface area contributed by atoms with Gasteiger partial charge in [0, 0.05) is 11.1 Å². The highest BCUT2D eigenvalue weighted by atomic mass is 32.1. The van der Waals surface area contributed by atoms with E-state index in [4.69, 9.17) is 5.84 Å². The lowest BCUT2D eigenvalue weighted by molar-refractivity contribution is 0.265. The molecule has 0 heterocycles. The largest absolute Gasteiger partial charge is 0.507 e. The zero-order valence-electron chi connectivity index (χ0n) is 13.0. The van der Waals surface area contributed by atoms with Crippen molar-refractivity contribution < 1.29 is 9.90 Å². The van der Waals surface area contributed by atoms with Crippen molar-refractivity contribution in [2.24, 2.45) is 5.84 Å². The van der Waals surface area contributed by atoms with Crippen LogP contribution in [0.5, 0.6) is 5.75 Å². The second-order valence-electron chi connectivity index (χ2n) is 7.04. The summed E-state index contributed by atoms with van der Waals surface area (Å²) in [5, 5.41) is 11.0. The van der Waals surface area contributed by atoms with Crippen molar-refractivity contribution in [2.45, 2.75) is 52.4 Å². The minimum atomic E-state index is -0.546. The van der Waals surface area contributed by atoms with E-state index in [-0.39, 0.29) is 16.6 Å². The second-order valence-corrected chi connectivity index (χ2v) is 7.42. The van der Waals surface area contributed by atoms with Gasteiger partial charge in [0.05, 0.1) is 5.69 Å². The van der Waals surface area contributed by atoms with Gasteiger partial charge in [0.25, 0.3) is 5.24 Å². The lowest BCUT2D eigenvalue weighted by Gasteiger charge is -2.29. The number of hydrogen-bond acceptors (Lipinski definition) is 3. The average Bonchev–Trinajstić information content (AvgIpc) is 2.24. The van der Waals surface area contributed by atoms with Crippen molar-refractivity contribution in [3.63, 3.8) is 0 Å². The summed E-state index contributed by atoms with van der Waals surface area (Å²) in [4.78, 5) is 11.4. The molecule has 0 aliphatic heterocycles. The van der Waals surface area contributed by atoms with Crippen molar-refractivity contribution >= 4 is 23.6 Å². The number of nitrogens with two attached hydrogens (primary N) is 1. The van der Waals surface area contributed by atoms with Crippen LogP contribution < -0.4 is 10.9 Å². The summed E-state index contributed by atoms with van der Waals surface area (Å²) in [6.07, 6.45) is 0. The Labute approximate surface area is 126 Å².